The van der Waals surface area contributed by atoms with E-state index in [9.17, 15) is 0 Å². The third-order valence-electron chi connectivity index (χ3n) is 5.90. The summed E-state index contributed by atoms with van der Waals surface area (Å²) in [7, 11) is -4.94. The Morgan fingerprint density at radius 1 is 0.537 bits per heavy atom. The monoisotopic (exact) mass is 598 g/mol. The zero-order valence-electron chi connectivity index (χ0n) is 23.5. The molecule has 0 spiro atoms. The highest BCUT2D eigenvalue weighted by atomic mass is 35.7. The van der Waals surface area contributed by atoms with Crippen LogP contribution in [0, 0.1) is 10.2 Å². The Morgan fingerprint density at radius 2 is 0.927 bits per heavy atom. The van der Waals surface area contributed by atoms with Crippen molar-refractivity contribution in [1.29, 1.82) is 0 Å². The lowest BCUT2D eigenvalue weighted by atomic mass is 10.0. The summed E-state index contributed by atoms with van der Waals surface area (Å²) in [4.78, 5) is 2.42. The molecule has 0 aliphatic rings. The van der Waals surface area contributed by atoms with Crippen molar-refractivity contribution in [3.63, 3.8) is 0 Å². The summed E-state index contributed by atoms with van der Waals surface area (Å²) in [6.07, 6.45) is 3.49. The van der Waals surface area contributed by atoms with E-state index >= 15 is 0 Å². The lowest BCUT2D eigenvalue weighted by Gasteiger charge is -2.17. The molecule has 0 fully saturated rings. The highest BCUT2D eigenvalue weighted by Crippen LogP contribution is 2.38. The summed E-state index contributed by atoms with van der Waals surface area (Å²) in [5, 5.41) is 0. The predicted octanol–water partition coefficient (Wildman–Crippen LogP) is 4.64. The minimum Gasteiger partial charge on any atom is -0.494 e. The van der Waals surface area contributed by atoms with Crippen LogP contribution in [0.4, 0.5) is 0 Å². The van der Waals surface area contributed by atoms with E-state index in [1.54, 1.807) is 11.3 Å². The molecule has 0 unspecified atom stereocenters. The summed E-state index contributed by atoms with van der Waals surface area (Å²) in [5.41, 5.74) is 4.70. The summed E-state index contributed by atoms with van der Waals surface area (Å²) >= 11 is 1.79. The SMILES string of the molecule is CCCCCOc1ccc(-c2cc(-c3ccc(OCC)cc3)[s+]c(-c3ccc(OCC)cc3)c2)cc1.[O-][Cl+3]([O-])([O-])[O-]. The van der Waals surface area contributed by atoms with Gasteiger partial charge in [0.15, 0.2) is 0 Å². The molecule has 0 aliphatic heterocycles. The van der Waals surface area contributed by atoms with Crippen LogP contribution in [0.5, 0.6) is 17.2 Å². The van der Waals surface area contributed by atoms with Crippen LogP contribution in [0.1, 0.15) is 40.0 Å². The van der Waals surface area contributed by atoms with E-state index in [1.165, 1.54) is 44.8 Å². The molecule has 0 bridgehead atoms. The van der Waals surface area contributed by atoms with Gasteiger partial charge in [-0.3, -0.25) is 0 Å². The highest BCUT2D eigenvalue weighted by Gasteiger charge is 2.20. The van der Waals surface area contributed by atoms with Crippen molar-refractivity contribution >= 4 is 11.3 Å². The van der Waals surface area contributed by atoms with Gasteiger partial charge in [0, 0.05) is 23.3 Å². The molecule has 3 aromatic carbocycles. The van der Waals surface area contributed by atoms with Crippen LogP contribution in [-0.4, -0.2) is 19.8 Å². The van der Waals surface area contributed by atoms with E-state index in [4.69, 9.17) is 32.8 Å². The largest absolute Gasteiger partial charge is 0.494 e. The van der Waals surface area contributed by atoms with Gasteiger partial charge >= 0.3 is 0 Å². The molecule has 4 rings (SSSR count). The van der Waals surface area contributed by atoms with Crippen molar-refractivity contribution in [2.45, 2.75) is 40.0 Å². The smallest absolute Gasteiger partial charge is 0.239 e. The average molecular weight is 599 g/mol. The Kier molecular flexibility index (Phi) is 12.8. The molecule has 1 aromatic heterocycles. The summed E-state index contributed by atoms with van der Waals surface area (Å²) in [6.45, 7) is 8.31. The molecular formula is C32H35ClO7S. The first-order valence-electron chi connectivity index (χ1n) is 13.5. The molecule has 0 aliphatic carbocycles. The van der Waals surface area contributed by atoms with Crippen molar-refractivity contribution in [3.05, 3.63) is 84.9 Å². The number of benzene rings is 3. The van der Waals surface area contributed by atoms with E-state index in [1.807, 2.05) is 38.1 Å². The summed E-state index contributed by atoms with van der Waals surface area (Å²) in [5.74, 6) is 2.71. The molecule has 0 amide bonds. The second-order valence-electron chi connectivity index (χ2n) is 8.95. The fourth-order valence-electron chi connectivity index (χ4n) is 4.00. The molecule has 0 saturated carbocycles. The van der Waals surface area contributed by atoms with Crippen molar-refractivity contribution in [3.8, 4) is 49.3 Å². The average Bonchev–Trinajstić information content (AvgIpc) is 2.96. The Labute approximate surface area is 248 Å². The lowest BCUT2D eigenvalue weighted by Crippen LogP contribution is -2.68. The van der Waals surface area contributed by atoms with Gasteiger partial charge in [-0.1, -0.05) is 31.9 Å². The van der Waals surface area contributed by atoms with Crippen molar-refractivity contribution in [2.75, 3.05) is 19.8 Å². The van der Waals surface area contributed by atoms with Gasteiger partial charge in [-0.2, -0.15) is 0 Å². The molecule has 41 heavy (non-hydrogen) atoms. The van der Waals surface area contributed by atoms with Gasteiger partial charge in [0.05, 0.1) is 19.8 Å². The van der Waals surface area contributed by atoms with Crippen molar-refractivity contribution in [2.24, 2.45) is 0 Å². The van der Waals surface area contributed by atoms with Gasteiger partial charge in [-0.15, -0.1) is 10.2 Å². The van der Waals surface area contributed by atoms with Gasteiger partial charge in [0.25, 0.3) is 0 Å². The Balaban J connectivity index is 0.000000850. The molecule has 4 aromatic rings. The second kappa shape index (κ2) is 16.3. The second-order valence-corrected chi connectivity index (χ2v) is 10.8. The molecule has 218 valence electrons. The van der Waals surface area contributed by atoms with Gasteiger partial charge in [-0.25, -0.2) is 18.6 Å². The van der Waals surface area contributed by atoms with Crippen LogP contribution >= 0.6 is 11.3 Å². The Morgan fingerprint density at radius 3 is 1.32 bits per heavy atom. The number of halogens is 1. The van der Waals surface area contributed by atoms with Crippen LogP contribution in [0.25, 0.3) is 32.0 Å². The van der Waals surface area contributed by atoms with Crippen molar-refractivity contribution < 1.29 is 43.1 Å². The topological polar surface area (TPSA) is 120 Å². The molecule has 0 N–H and O–H groups in total. The van der Waals surface area contributed by atoms with Crippen LogP contribution in [0.3, 0.4) is 0 Å². The maximum absolute atomic E-state index is 8.49. The first-order valence-corrected chi connectivity index (χ1v) is 15.5. The fourth-order valence-corrected chi connectivity index (χ4v) is 5.12. The van der Waals surface area contributed by atoms with Crippen LogP contribution in [0.15, 0.2) is 84.9 Å². The van der Waals surface area contributed by atoms with E-state index < -0.39 is 10.2 Å². The predicted molar refractivity (Wildman–Crippen MR) is 152 cm³/mol. The maximum atomic E-state index is 8.49. The van der Waals surface area contributed by atoms with Gasteiger partial charge in [0.2, 0.25) is 21.1 Å². The van der Waals surface area contributed by atoms with Gasteiger partial charge < -0.3 is 14.2 Å². The van der Waals surface area contributed by atoms with E-state index in [0.29, 0.717) is 13.2 Å². The molecule has 0 radical (unpaired) electrons. The number of rotatable bonds is 12. The lowest BCUT2D eigenvalue weighted by molar-refractivity contribution is -2.00. The third-order valence-corrected chi connectivity index (χ3v) is 7.04. The number of unbranched alkanes of at least 4 members (excludes halogenated alkanes) is 2. The zero-order valence-corrected chi connectivity index (χ0v) is 25.0. The number of ether oxygens (including phenoxy) is 3. The van der Waals surface area contributed by atoms with E-state index in [2.05, 4.69) is 67.6 Å². The first-order chi connectivity index (χ1) is 19.7. The summed E-state index contributed by atoms with van der Waals surface area (Å²) < 4.78 is 51.2. The molecule has 9 heteroatoms. The van der Waals surface area contributed by atoms with Crippen LogP contribution in [-0.2, 0) is 0 Å². The standard InChI is InChI=1S/C32H35O3S.ClHO4/c1-4-7-8-21-35-30-15-9-24(10-16-30)27-22-31(25-11-17-28(18-12-25)33-5-2)36-32(23-27)26-13-19-29(20-14-26)34-6-3;2-1(3,4)5/h9-20,22-23H,4-8,21H2,1-3H3;(H,2,3,4,5)/q+1;/p-1. The third kappa shape index (κ3) is 11.3. The minimum atomic E-state index is -4.94. The molecule has 7 nitrogen and oxygen atoms in total. The van der Waals surface area contributed by atoms with Crippen LogP contribution in [0.2, 0.25) is 0 Å². The molecule has 1 heterocycles. The Bertz CT molecular complexity index is 1250. The van der Waals surface area contributed by atoms with Crippen LogP contribution < -0.4 is 32.8 Å². The number of hydrogen-bond donors (Lipinski definition) is 0. The van der Waals surface area contributed by atoms with Gasteiger partial charge in [0.1, 0.15) is 17.2 Å². The minimum absolute atomic E-state index is 0.664. The quantitative estimate of drug-likeness (QED) is 0.172. The maximum Gasteiger partial charge on any atom is 0.239 e. The normalized spacial score (nSPS) is 10.9. The highest BCUT2D eigenvalue weighted by molar-refractivity contribution is 7.18. The van der Waals surface area contributed by atoms with Gasteiger partial charge in [-0.05, 0) is 92.1 Å². The summed E-state index contributed by atoms with van der Waals surface area (Å²) in [6, 6.07) is 29.7. The van der Waals surface area contributed by atoms with Crippen molar-refractivity contribution in [1.82, 2.24) is 0 Å². The molecule has 0 saturated heterocycles. The molecular weight excluding hydrogens is 564 g/mol. The van der Waals surface area contributed by atoms with E-state index in [0.717, 1.165) is 30.3 Å². The zero-order chi connectivity index (χ0) is 29.7. The first kappa shape index (κ1) is 32.3. The fraction of sp³-hybridized carbons (Fsp3) is 0.281. The van der Waals surface area contributed by atoms with E-state index in [-0.39, 0.29) is 0 Å². The Hall–Kier alpha value is -3.24. The number of hydrogen-bond acceptors (Lipinski definition) is 7. The molecule has 0 atom stereocenters.